The van der Waals surface area contributed by atoms with Gasteiger partial charge in [-0.1, -0.05) is 54.6 Å². The molecule has 0 aliphatic carbocycles. The Balaban J connectivity index is 1.79. The number of aromatic hydroxyl groups is 1. The zero-order valence-corrected chi connectivity index (χ0v) is 17.6. The maximum Gasteiger partial charge on any atom is 0.295 e. The minimum absolute atomic E-state index is 0.0157. The van der Waals surface area contributed by atoms with Crippen molar-refractivity contribution in [3.8, 4) is 11.5 Å². The van der Waals surface area contributed by atoms with E-state index in [-0.39, 0.29) is 17.1 Å². The third kappa shape index (κ3) is 4.07. The van der Waals surface area contributed by atoms with Crippen molar-refractivity contribution in [2.45, 2.75) is 12.5 Å². The number of phenols is 1. The quantitative estimate of drug-likeness (QED) is 0.351. The molecule has 1 saturated heterocycles. The van der Waals surface area contributed by atoms with Crippen molar-refractivity contribution in [2.24, 2.45) is 0 Å². The van der Waals surface area contributed by atoms with Crippen LogP contribution < -0.4 is 4.74 Å². The summed E-state index contributed by atoms with van der Waals surface area (Å²) in [5, 5.41) is 20.8. The molecule has 4 rings (SSSR count). The number of nitrogens with zero attached hydrogens (tertiary/aromatic N) is 1. The fraction of sp³-hybridized carbons (Fsp3) is 0.154. The van der Waals surface area contributed by atoms with E-state index in [1.54, 1.807) is 36.4 Å². The lowest BCUT2D eigenvalue weighted by molar-refractivity contribution is -0.139. The van der Waals surface area contributed by atoms with Gasteiger partial charge in [0, 0.05) is 12.1 Å². The van der Waals surface area contributed by atoms with E-state index in [4.69, 9.17) is 4.74 Å². The maximum absolute atomic E-state index is 13.1. The highest BCUT2D eigenvalue weighted by atomic mass is 16.5. The van der Waals surface area contributed by atoms with Crippen LogP contribution >= 0.6 is 0 Å². The number of aliphatic hydroxyl groups excluding tert-OH is 1. The number of ketones is 1. The predicted molar refractivity (Wildman–Crippen MR) is 120 cm³/mol. The maximum atomic E-state index is 13.1. The van der Waals surface area contributed by atoms with E-state index in [0.717, 1.165) is 5.56 Å². The van der Waals surface area contributed by atoms with E-state index in [0.29, 0.717) is 29.8 Å². The average Bonchev–Trinajstić information content (AvgIpc) is 3.08. The summed E-state index contributed by atoms with van der Waals surface area (Å²) >= 11 is 0. The zero-order chi connectivity index (χ0) is 22.7. The van der Waals surface area contributed by atoms with Gasteiger partial charge in [0.25, 0.3) is 11.7 Å². The van der Waals surface area contributed by atoms with Crippen LogP contribution in [0.3, 0.4) is 0 Å². The molecule has 1 aliphatic heterocycles. The molecule has 1 aliphatic rings. The summed E-state index contributed by atoms with van der Waals surface area (Å²) in [5.41, 5.74) is 2.06. The van der Waals surface area contributed by atoms with Crippen molar-refractivity contribution < 1.29 is 24.5 Å². The second-order valence-electron chi connectivity index (χ2n) is 7.55. The molecule has 2 N–H and O–H groups in total. The summed E-state index contributed by atoms with van der Waals surface area (Å²) in [7, 11) is 1.51. The van der Waals surface area contributed by atoms with E-state index in [1.807, 2.05) is 30.3 Å². The van der Waals surface area contributed by atoms with Gasteiger partial charge in [-0.3, -0.25) is 9.59 Å². The third-order valence-corrected chi connectivity index (χ3v) is 5.58. The lowest BCUT2D eigenvalue weighted by atomic mass is 9.95. The van der Waals surface area contributed by atoms with E-state index >= 15 is 0 Å². The van der Waals surface area contributed by atoms with Crippen LogP contribution in [0.2, 0.25) is 0 Å². The Labute approximate surface area is 186 Å². The fourth-order valence-electron chi connectivity index (χ4n) is 3.93. The molecule has 1 heterocycles. The van der Waals surface area contributed by atoms with Crippen LogP contribution in [0.4, 0.5) is 0 Å². The molecule has 3 aromatic carbocycles. The number of hydrogen-bond donors (Lipinski definition) is 2. The van der Waals surface area contributed by atoms with Crippen LogP contribution in [0.1, 0.15) is 22.7 Å². The highest BCUT2D eigenvalue weighted by Crippen LogP contribution is 2.40. The minimum Gasteiger partial charge on any atom is -0.508 e. The molecule has 1 atom stereocenters. The van der Waals surface area contributed by atoms with Gasteiger partial charge in [0.1, 0.15) is 17.3 Å². The van der Waals surface area contributed by atoms with Gasteiger partial charge in [0.05, 0.1) is 18.7 Å². The molecule has 162 valence electrons. The number of methoxy groups -OCH3 is 1. The lowest BCUT2D eigenvalue weighted by Crippen LogP contribution is -2.31. The topological polar surface area (TPSA) is 87.1 Å². The summed E-state index contributed by atoms with van der Waals surface area (Å²) in [6.07, 6.45) is 0.557. The second-order valence-corrected chi connectivity index (χ2v) is 7.55. The number of carbonyl (C=O) groups excluding carboxylic acids is 2. The van der Waals surface area contributed by atoms with Gasteiger partial charge in [-0.05, 0) is 41.8 Å². The summed E-state index contributed by atoms with van der Waals surface area (Å²) in [4.78, 5) is 27.5. The van der Waals surface area contributed by atoms with Crippen LogP contribution in [0.25, 0.3) is 5.76 Å². The summed E-state index contributed by atoms with van der Waals surface area (Å²) in [6, 6.07) is 21.9. The first-order valence-corrected chi connectivity index (χ1v) is 10.3. The van der Waals surface area contributed by atoms with Crippen LogP contribution in [-0.4, -0.2) is 40.5 Å². The highest BCUT2D eigenvalue weighted by Gasteiger charge is 2.45. The van der Waals surface area contributed by atoms with Crippen LogP contribution in [0.5, 0.6) is 11.5 Å². The highest BCUT2D eigenvalue weighted by molar-refractivity contribution is 6.46. The zero-order valence-electron chi connectivity index (χ0n) is 17.6. The SMILES string of the molecule is COc1cccc(C(O)=C2C(=O)C(=O)N(CCc3ccccc3)C2c2ccc(O)cc2)c1. The van der Waals surface area contributed by atoms with Gasteiger partial charge in [-0.2, -0.15) is 0 Å². The molecule has 32 heavy (non-hydrogen) atoms. The summed E-state index contributed by atoms with van der Waals surface area (Å²) in [6.45, 7) is 0.301. The predicted octanol–water partition coefficient (Wildman–Crippen LogP) is 4.07. The van der Waals surface area contributed by atoms with Crippen LogP contribution in [0.15, 0.2) is 84.4 Å². The molecule has 6 heteroatoms. The number of ether oxygens (including phenoxy) is 1. The molecular formula is C26H23NO5. The molecule has 1 fully saturated rings. The monoisotopic (exact) mass is 429 g/mol. The van der Waals surface area contributed by atoms with Gasteiger partial charge in [0.2, 0.25) is 0 Å². The number of amides is 1. The van der Waals surface area contributed by atoms with Crippen molar-refractivity contribution in [1.29, 1.82) is 0 Å². The molecule has 0 aromatic heterocycles. The fourth-order valence-corrected chi connectivity index (χ4v) is 3.93. The number of Topliss-reactive ketones (excluding diaryl/α,β-unsaturated/α-hetero) is 1. The Morgan fingerprint density at radius 3 is 2.38 bits per heavy atom. The van der Waals surface area contributed by atoms with E-state index < -0.39 is 17.7 Å². The number of phenolic OH excluding ortho intramolecular Hbond substituents is 1. The number of benzene rings is 3. The van der Waals surface area contributed by atoms with Gasteiger partial charge in [-0.15, -0.1) is 0 Å². The van der Waals surface area contributed by atoms with E-state index in [1.165, 1.54) is 24.1 Å². The molecule has 3 aromatic rings. The molecule has 6 nitrogen and oxygen atoms in total. The average molecular weight is 429 g/mol. The molecule has 0 bridgehead atoms. The Bertz CT molecular complexity index is 1170. The summed E-state index contributed by atoms with van der Waals surface area (Å²) < 4.78 is 5.23. The minimum atomic E-state index is -0.773. The Morgan fingerprint density at radius 2 is 1.69 bits per heavy atom. The second kappa shape index (κ2) is 8.98. The van der Waals surface area contributed by atoms with E-state index in [2.05, 4.69) is 0 Å². The number of aliphatic hydroxyl groups is 1. The van der Waals surface area contributed by atoms with Gasteiger partial charge in [0.15, 0.2) is 0 Å². The number of carbonyl (C=O) groups is 2. The van der Waals surface area contributed by atoms with Crippen LogP contribution in [0, 0.1) is 0 Å². The number of hydrogen-bond acceptors (Lipinski definition) is 5. The van der Waals surface area contributed by atoms with Gasteiger partial charge in [-0.25, -0.2) is 0 Å². The standard InChI is InChI=1S/C26H23NO5/c1-32-21-9-5-8-19(16-21)24(29)22-23(18-10-12-20(28)13-11-18)27(26(31)25(22)30)15-14-17-6-3-2-4-7-17/h2-13,16,23,28-29H,14-15H2,1H3. The molecule has 0 radical (unpaired) electrons. The molecule has 0 saturated carbocycles. The number of likely N-dealkylation sites (tertiary alicyclic amines) is 1. The van der Waals surface area contributed by atoms with E-state index in [9.17, 15) is 19.8 Å². The van der Waals surface area contributed by atoms with Crippen molar-refractivity contribution in [3.63, 3.8) is 0 Å². The Hall–Kier alpha value is -4.06. The first kappa shape index (κ1) is 21.2. The summed E-state index contributed by atoms with van der Waals surface area (Å²) in [5.74, 6) is -1.07. The molecule has 1 amide bonds. The number of rotatable bonds is 6. The first-order valence-electron chi connectivity index (χ1n) is 10.3. The lowest BCUT2D eigenvalue weighted by Gasteiger charge is -2.25. The normalized spacial score (nSPS) is 17.5. The molecular weight excluding hydrogens is 406 g/mol. The Kier molecular flexibility index (Phi) is 5.94. The molecule has 1 unspecified atom stereocenters. The molecule has 0 spiro atoms. The van der Waals surface area contributed by atoms with Crippen molar-refractivity contribution >= 4 is 17.4 Å². The van der Waals surface area contributed by atoms with Crippen molar-refractivity contribution in [1.82, 2.24) is 4.90 Å². The van der Waals surface area contributed by atoms with Crippen LogP contribution in [-0.2, 0) is 16.0 Å². The van der Waals surface area contributed by atoms with Crippen molar-refractivity contribution in [2.75, 3.05) is 13.7 Å². The third-order valence-electron chi connectivity index (χ3n) is 5.58. The van der Waals surface area contributed by atoms with Crippen molar-refractivity contribution in [3.05, 3.63) is 101 Å². The smallest absolute Gasteiger partial charge is 0.295 e. The van der Waals surface area contributed by atoms with Gasteiger partial charge >= 0.3 is 0 Å². The van der Waals surface area contributed by atoms with Gasteiger partial charge < -0.3 is 19.8 Å². The Morgan fingerprint density at radius 1 is 0.969 bits per heavy atom. The largest absolute Gasteiger partial charge is 0.508 e. The first-order chi connectivity index (χ1) is 15.5.